The molecule has 0 unspecified atom stereocenters. The van der Waals surface area contributed by atoms with Crippen LogP contribution in [0.5, 0.6) is 0 Å². The van der Waals surface area contributed by atoms with Crippen molar-refractivity contribution in [3.05, 3.63) is 30.1 Å². The molecule has 0 aromatic carbocycles. The van der Waals surface area contributed by atoms with E-state index < -0.39 is 0 Å². The zero-order valence-corrected chi connectivity index (χ0v) is 10.5. The Morgan fingerprint density at radius 1 is 1.35 bits per heavy atom. The molecule has 3 heteroatoms. The lowest BCUT2D eigenvalue weighted by Crippen LogP contribution is -2.43. The van der Waals surface area contributed by atoms with Crippen molar-refractivity contribution in [2.75, 3.05) is 0 Å². The highest BCUT2D eigenvalue weighted by molar-refractivity contribution is 5.92. The van der Waals surface area contributed by atoms with E-state index in [0.29, 0.717) is 23.6 Å². The molecule has 17 heavy (non-hydrogen) atoms. The van der Waals surface area contributed by atoms with E-state index in [-0.39, 0.29) is 5.91 Å². The maximum absolute atomic E-state index is 12.0. The van der Waals surface area contributed by atoms with Crippen molar-refractivity contribution in [2.45, 2.75) is 39.2 Å². The summed E-state index contributed by atoms with van der Waals surface area (Å²) in [7, 11) is 0. The molecule has 0 spiro atoms. The van der Waals surface area contributed by atoms with Gasteiger partial charge in [0.15, 0.2) is 0 Å². The van der Waals surface area contributed by atoms with E-state index in [9.17, 15) is 4.79 Å². The molecule has 1 amide bonds. The van der Waals surface area contributed by atoms with Crippen LogP contribution in [0.25, 0.3) is 0 Å². The first-order chi connectivity index (χ1) is 8.18. The van der Waals surface area contributed by atoms with Gasteiger partial charge in [-0.15, -0.1) is 0 Å². The first-order valence-electron chi connectivity index (χ1n) is 6.40. The van der Waals surface area contributed by atoms with Crippen LogP contribution in [0.1, 0.15) is 43.6 Å². The number of hydrogen-bond acceptors (Lipinski definition) is 2. The molecule has 2 rings (SSSR count). The van der Waals surface area contributed by atoms with Crippen LogP contribution >= 0.6 is 0 Å². The summed E-state index contributed by atoms with van der Waals surface area (Å²) in [5, 5.41) is 3.11. The normalized spacial score (nSPS) is 28.7. The molecular weight excluding hydrogens is 212 g/mol. The van der Waals surface area contributed by atoms with Crippen LogP contribution < -0.4 is 5.32 Å². The third-order valence-corrected chi connectivity index (χ3v) is 3.92. The van der Waals surface area contributed by atoms with Gasteiger partial charge in [-0.25, -0.2) is 0 Å². The highest BCUT2D eigenvalue weighted by atomic mass is 16.1. The number of nitrogens with one attached hydrogen (secondary N) is 1. The van der Waals surface area contributed by atoms with E-state index >= 15 is 0 Å². The molecule has 0 saturated heterocycles. The summed E-state index contributed by atoms with van der Waals surface area (Å²) < 4.78 is 0. The molecule has 0 bridgehead atoms. The average Bonchev–Trinajstić information content (AvgIpc) is 2.36. The van der Waals surface area contributed by atoms with E-state index in [1.807, 2.05) is 12.1 Å². The molecule has 1 aromatic heterocycles. The second-order valence-corrected chi connectivity index (χ2v) is 5.06. The van der Waals surface area contributed by atoms with Gasteiger partial charge in [0.25, 0.3) is 5.91 Å². The molecule has 92 valence electrons. The highest BCUT2D eigenvalue weighted by Gasteiger charge is 2.28. The summed E-state index contributed by atoms with van der Waals surface area (Å²) in [5.74, 6) is 1.20. The fourth-order valence-corrected chi connectivity index (χ4v) is 2.53. The first kappa shape index (κ1) is 12.1. The van der Waals surface area contributed by atoms with Gasteiger partial charge in [0.2, 0.25) is 0 Å². The zero-order chi connectivity index (χ0) is 12.3. The molecule has 1 aliphatic rings. The SMILES string of the molecule is C[C@H]1[C@H](C)CCC[C@H]1NC(=O)c1ccccn1. The maximum atomic E-state index is 12.0. The fourth-order valence-electron chi connectivity index (χ4n) is 2.53. The summed E-state index contributed by atoms with van der Waals surface area (Å²) in [6.07, 6.45) is 5.22. The van der Waals surface area contributed by atoms with Crippen molar-refractivity contribution in [1.82, 2.24) is 10.3 Å². The van der Waals surface area contributed by atoms with Gasteiger partial charge in [-0.3, -0.25) is 9.78 Å². The lowest BCUT2D eigenvalue weighted by atomic mass is 9.78. The monoisotopic (exact) mass is 232 g/mol. The van der Waals surface area contributed by atoms with Crippen molar-refractivity contribution in [3.63, 3.8) is 0 Å². The van der Waals surface area contributed by atoms with Crippen LogP contribution in [-0.4, -0.2) is 16.9 Å². The Morgan fingerprint density at radius 2 is 2.18 bits per heavy atom. The maximum Gasteiger partial charge on any atom is 0.270 e. The van der Waals surface area contributed by atoms with Crippen LogP contribution in [0.4, 0.5) is 0 Å². The summed E-state index contributed by atoms with van der Waals surface area (Å²) in [6, 6.07) is 5.72. The Bertz CT molecular complexity index is 377. The van der Waals surface area contributed by atoms with Crippen molar-refractivity contribution < 1.29 is 4.79 Å². The number of aromatic nitrogens is 1. The predicted molar refractivity (Wildman–Crippen MR) is 67.7 cm³/mol. The Morgan fingerprint density at radius 3 is 2.88 bits per heavy atom. The Hall–Kier alpha value is -1.38. The van der Waals surface area contributed by atoms with Crippen LogP contribution in [0.15, 0.2) is 24.4 Å². The quantitative estimate of drug-likeness (QED) is 0.851. The molecule has 1 fully saturated rings. The number of carbonyl (C=O) groups excluding carboxylic acids is 1. The molecule has 1 N–H and O–H groups in total. The topological polar surface area (TPSA) is 42.0 Å². The number of amides is 1. The van der Waals surface area contributed by atoms with Gasteiger partial charge in [0.05, 0.1) is 0 Å². The van der Waals surface area contributed by atoms with E-state index in [2.05, 4.69) is 24.1 Å². The lowest BCUT2D eigenvalue weighted by Gasteiger charge is -2.34. The van der Waals surface area contributed by atoms with Crippen molar-refractivity contribution in [1.29, 1.82) is 0 Å². The van der Waals surface area contributed by atoms with Crippen LogP contribution in [0.2, 0.25) is 0 Å². The van der Waals surface area contributed by atoms with Crippen LogP contribution in [0.3, 0.4) is 0 Å². The zero-order valence-electron chi connectivity index (χ0n) is 10.5. The summed E-state index contributed by atoms with van der Waals surface area (Å²) >= 11 is 0. The molecular formula is C14H20N2O. The molecule has 1 aliphatic carbocycles. The Labute approximate surface area is 103 Å². The van der Waals surface area contributed by atoms with Crippen LogP contribution in [0, 0.1) is 11.8 Å². The number of hydrogen-bond donors (Lipinski definition) is 1. The van der Waals surface area contributed by atoms with E-state index in [1.54, 1.807) is 12.3 Å². The third-order valence-electron chi connectivity index (χ3n) is 3.92. The van der Waals surface area contributed by atoms with Gasteiger partial charge < -0.3 is 5.32 Å². The Balaban J connectivity index is 1.99. The highest BCUT2D eigenvalue weighted by Crippen LogP contribution is 2.29. The molecule has 0 radical (unpaired) electrons. The molecule has 3 atom stereocenters. The second-order valence-electron chi connectivity index (χ2n) is 5.06. The van der Waals surface area contributed by atoms with E-state index in [0.717, 1.165) is 6.42 Å². The molecule has 0 aliphatic heterocycles. The number of pyridine rings is 1. The molecule has 1 heterocycles. The predicted octanol–water partition coefficient (Wildman–Crippen LogP) is 2.64. The third kappa shape index (κ3) is 2.84. The largest absolute Gasteiger partial charge is 0.348 e. The van der Waals surface area contributed by atoms with Crippen molar-refractivity contribution >= 4 is 5.91 Å². The lowest BCUT2D eigenvalue weighted by molar-refractivity contribution is 0.0886. The minimum Gasteiger partial charge on any atom is -0.348 e. The standard InChI is InChI=1S/C14H20N2O/c1-10-6-5-8-12(11(10)2)16-14(17)13-7-3-4-9-15-13/h3-4,7,9-12H,5-6,8H2,1-2H3,(H,16,17)/t10-,11+,12-/m1/s1. The number of carbonyl (C=O) groups is 1. The van der Waals surface area contributed by atoms with Gasteiger partial charge in [0, 0.05) is 12.2 Å². The average molecular weight is 232 g/mol. The van der Waals surface area contributed by atoms with Gasteiger partial charge in [-0.1, -0.05) is 32.8 Å². The van der Waals surface area contributed by atoms with Crippen molar-refractivity contribution in [2.24, 2.45) is 11.8 Å². The fraction of sp³-hybridized carbons (Fsp3) is 0.571. The smallest absolute Gasteiger partial charge is 0.270 e. The van der Waals surface area contributed by atoms with Gasteiger partial charge in [-0.2, -0.15) is 0 Å². The van der Waals surface area contributed by atoms with Gasteiger partial charge in [-0.05, 0) is 30.4 Å². The van der Waals surface area contributed by atoms with E-state index in [1.165, 1.54) is 12.8 Å². The van der Waals surface area contributed by atoms with Gasteiger partial charge in [0.1, 0.15) is 5.69 Å². The minimum absolute atomic E-state index is 0.0449. The molecule has 1 aromatic rings. The van der Waals surface area contributed by atoms with Crippen molar-refractivity contribution in [3.8, 4) is 0 Å². The number of rotatable bonds is 2. The Kier molecular flexibility index (Phi) is 3.77. The van der Waals surface area contributed by atoms with E-state index in [4.69, 9.17) is 0 Å². The summed E-state index contributed by atoms with van der Waals surface area (Å²) in [5.41, 5.74) is 0.512. The summed E-state index contributed by atoms with van der Waals surface area (Å²) in [4.78, 5) is 16.1. The molecule has 1 saturated carbocycles. The number of nitrogens with zero attached hydrogens (tertiary/aromatic N) is 1. The molecule has 3 nitrogen and oxygen atoms in total. The first-order valence-corrected chi connectivity index (χ1v) is 6.40. The van der Waals surface area contributed by atoms with Gasteiger partial charge >= 0.3 is 0 Å². The summed E-state index contributed by atoms with van der Waals surface area (Å²) in [6.45, 7) is 4.50. The van der Waals surface area contributed by atoms with Crippen LogP contribution in [-0.2, 0) is 0 Å². The second kappa shape index (κ2) is 5.30. The minimum atomic E-state index is -0.0449.